The van der Waals surface area contributed by atoms with E-state index in [1.165, 1.54) is 0 Å². The molecule has 0 N–H and O–H groups in total. The van der Waals surface area contributed by atoms with Crippen LogP contribution in [0, 0.1) is 12.8 Å². The summed E-state index contributed by atoms with van der Waals surface area (Å²) in [5.74, 6) is -0.347. The van der Waals surface area contributed by atoms with Crippen LogP contribution < -0.4 is 0 Å². The van der Waals surface area contributed by atoms with Crippen molar-refractivity contribution in [2.45, 2.75) is 32.1 Å². The number of fused-ring (bicyclic) bond motifs is 3. The number of aryl methyl sites for hydroxylation is 1. The fourth-order valence-electron chi connectivity index (χ4n) is 4.67. The van der Waals surface area contributed by atoms with Crippen molar-refractivity contribution < 1.29 is 9.59 Å². The summed E-state index contributed by atoms with van der Waals surface area (Å²) in [5.41, 5.74) is 6.38. The summed E-state index contributed by atoms with van der Waals surface area (Å²) in [5, 5.41) is 0. The number of hydrogen-bond acceptors (Lipinski definition) is 3. The van der Waals surface area contributed by atoms with Crippen LogP contribution in [0.15, 0.2) is 64.8 Å². The molecular weight excluding hydrogens is 322 g/mol. The lowest BCUT2D eigenvalue weighted by atomic mass is 9.71. The van der Waals surface area contributed by atoms with Crippen molar-refractivity contribution in [3.63, 3.8) is 0 Å². The molecule has 0 spiro atoms. The maximum Gasteiger partial charge on any atom is 0.173 e. The number of aliphatic imine (C=N–C) groups is 1. The van der Waals surface area contributed by atoms with Gasteiger partial charge in [-0.05, 0) is 25.3 Å². The van der Waals surface area contributed by atoms with Gasteiger partial charge >= 0.3 is 0 Å². The van der Waals surface area contributed by atoms with Crippen molar-refractivity contribution in [2.75, 3.05) is 0 Å². The van der Waals surface area contributed by atoms with Crippen molar-refractivity contribution in [3.05, 3.63) is 82.1 Å². The Balaban J connectivity index is 1.78. The fourth-order valence-corrected chi connectivity index (χ4v) is 4.67. The van der Waals surface area contributed by atoms with Crippen LogP contribution in [-0.2, 0) is 4.79 Å². The summed E-state index contributed by atoms with van der Waals surface area (Å²) in [6.07, 6.45) is 2.21. The van der Waals surface area contributed by atoms with Crippen molar-refractivity contribution in [1.29, 1.82) is 0 Å². The number of hydrogen-bond donors (Lipinski definition) is 0. The molecule has 2 aliphatic carbocycles. The predicted molar refractivity (Wildman–Crippen MR) is 101 cm³/mol. The lowest BCUT2D eigenvalue weighted by Crippen LogP contribution is -2.33. The molecule has 128 valence electrons. The summed E-state index contributed by atoms with van der Waals surface area (Å²) in [6, 6.07) is 15.9. The topological polar surface area (TPSA) is 46.5 Å². The molecule has 0 saturated heterocycles. The first-order valence-corrected chi connectivity index (χ1v) is 9.20. The molecule has 0 fully saturated rings. The first-order valence-electron chi connectivity index (χ1n) is 9.20. The summed E-state index contributed by atoms with van der Waals surface area (Å²) in [7, 11) is 0. The zero-order valence-corrected chi connectivity index (χ0v) is 14.7. The zero-order chi connectivity index (χ0) is 17.8. The largest absolute Gasteiger partial charge is 0.294 e. The van der Waals surface area contributed by atoms with Gasteiger partial charge in [0.15, 0.2) is 11.6 Å². The van der Waals surface area contributed by atoms with Gasteiger partial charge in [0.05, 0.1) is 11.6 Å². The Bertz CT molecular complexity index is 1030. The molecule has 3 nitrogen and oxygen atoms in total. The van der Waals surface area contributed by atoms with Crippen LogP contribution in [0.1, 0.15) is 52.2 Å². The van der Waals surface area contributed by atoms with Gasteiger partial charge in [-0.15, -0.1) is 0 Å². The Kier molecular flexibility index (Phi) is 3.33. The fraction of sp³-hybridized carbons (Fsp3) is 0.261. The van der Waals surface area contributed by atoms with Crippen molar-refractivity contribution >= 4 is 17.3 Å². The van der Waals surface area contributed by atoms with Gasteiger partial charge < -0.3 is 0 Å². The number of ketones is 2. The van der Waals surface area contributed by atoms with E-state index in [0.717, 1.165) is 52.1 Å². The smallest absolute Gasteiger partial charge is 0.173 e. The molecule has 0 amide bonds. The van der Waals surface area contributed by atoms with Crippen LogP contribution in [0.4, 0.5) is 0 Å². The van der Waals surface area contributed by atoms with Gasteiger partial charge in [-0.1, -0.05) is 54.1 Å². The first-order chi connectivity index (χ1) is 12.6. The number of carbonyl (C=O) groups excluding carboxylic acids is 2. The summed E-state index contributed by atoms with van der Waals surface area (Å²) in [6.45, 7) is 2.05. The Labute approximate surface area is 152 Å². The monoisotopic (exact) mass is 341 g/mol. The zero-order valence-electron chi connectivity index (χ0n) is 14.7. The van der Waals surface area contributed by atoms with E-state index < -0.39 is 0 Å². The molecule has 0 radical (unpaired) electrons. The second-order valence-electron chi connectivity index (χ2n) is 7.41. The minimum Gasteiger partial charge on any atom is -0.294 e. The van der Waals surface area contributed by atoms with E-state index in [-0.39, 0.29) is 23.4 Å². The van der Waals surface area contributed by atoms with Crippen LogP contribution in [0.2, 0.25) is 0 Å². The van der Waals surface area contributed by atoms with Gasteiger partial charge in [0.2, 0.25) is 0 Å². The minimum absolute atomic E-state index is 0.0933. The maximum absolute atomic E-state index is 13.3. The number of allylic oxidation sites excluding steroid dienone is 2. The van der Waals surface area contributed by atoms with Crippen molar-refractivity contribution in [2.24, 2.45) is 10.9 Å². The van der Waals surface area contributed by atoms with Crippen LogP contribution in [0.3, 0.4) is 0 Å². The number of rotatable bonds is 1. The Morgan fingerprint density at radius 2 is 1.73 bits per heavy atom. The van der Waals surface area contributed by atoms with Gasteiger partial charge in [0, 0.05) is 34.7 Å². The highest BCUT2D eigenvalue weighted by Gasteiger charge is 2.48. The molecule has 2 aromatic carbocycles. The molecule has 26 heavy (non-hydrogen) atoms. The van der Waals surface area contributed by atoms with Crippen LogP contribution in [-0.4, -0.2) is 17.3 Å². The Morgan fingerprint density at radius 3 is 2.54 bits per heavy atom. The predicted octanol–water partition coefficient (Wildman–Crippen LogP) is 4.40. The average molecular weight is 341 g/mol. The first kappa shape index (κ1) is 15.4. The van der Waals surface area contributed by atoms with Crippen LogP contribution in [0.5, 0.6) is 0 Å². The van der Waals surface area contributed by atoms with Gasteiger partial charge in [-0.2, -0.15) is 0 Å². The van der Waals surface area contributed by atoms with Gasteiger partial charge in [0.1, 0.15) is 0 Å². The highest BCUT2D eigenvalue weighted by molar-refractivity contribution is 6.30. The lowest BCUT2D eigenvalue weighted by Gasteiger charge is -2.33. The maximum atomic E-state index is 13.3. The third-order valence-corrected chi connectivity index (χ3v) is 5.78. The number of carbonyl (C=O) groups is 2. The van der Waals surface area contributed by atoms with E-state index in [2.05, 4.69) is 6.07 Å². The van der Waals surface area contributed by atoms with Crippen molar-refractivity contribution in [3.8, 4) is 0 Å². The highest BCUT2D eigenvalue weighted by atomic mass is 16.1. The molecular formula is C23H19NO2. The molecule has 0 unspecified atom stereocenters. The third-order valence-electron chi connectivity index (χ3n) is 5.78. The van der Waals surface area contributed by atoms with E-state index in [1.807, 2.05) is 49.4 Å². The molecule has 2 atom stereocenters. The van der Waals surface area contributed by atoms with Gasteiger partial charge in [0.25, 0.3) is 0 Å². The number of Topliss-reactive ketones (excluding diaryl/α,β-unsaturated/α-hetero) is 2. The molecule has 1 aliphatic heterocycles. The molecule has 0 bridgehead atoms. The summed E-state index contributed by atoms with van der Waals surface area (Å²) < 4.78 is 0. The van der Waals surface area contributed by atoms with E-state index in [9.17, 15) is 9.59 Å². The molecule has 3 heteroatoms. The molecule has 1 heterocycles. The Morgan fingerprint density at radius 1 is 0.923 bits per heavy atom. The molecule has 0 saturated carbocycles. The SMILES string of the molecule is Cc1cccc([C@H]2C3=C(CCCC3=O)N=C3c4ccccc4C(=O)[C@H]32)c1. The third kappa shape index (κ3) is 2.10. The standard InChI is InChI=1S/C23H19NO2/c1-13-6-4-7-14(12-13)19-20-17(10-5-11-18(20)25)24-22-15-8-2-3-9-16(15)23(26)21(19)22/h2-4,6-9,12,19,21H,5,10-11H2,1H3/t19-,21-/m0/s1. The normalized spacial score (nSPS) is 24.1. The van der Waals surface area contributed by atoms with E-state index in [0.29, 0.717) is 6.42 Å². The van der Waals surface area contributed by atoms with Gasteiger partial charge in [-0.3, -0.25) is 14.6 Å². The van der Waals surface area contributed by atoms with E-state index in [1.54, 1.807) is 0 Å². The second kappa shape index (κ2) is 5.60. The quantitative estimate of drug-likeness (QED) is 0.772. The second-order valence-corrected chi connectivity index (χ2v) is 7.41. The van der Waals surface area contributed by atoms with Crippen LogP contribution in [0.25, 0.3) is 0 Å². The summed E-state index contributed by atoms with van der Waals surface area (Å²) >= 11 is 0. The average Bonchev–Trinajstić information content (AvgIpc) is 2.93. The van der Waals surface area contributed by atoms with E-state index in [4.69, 9.17) is 4.99 Å². The highest BCUT2D eigenvalue weighted by Crippen LogP contribution is 2.48. The van der Waals surface area contributed by atoms with Crippen molar-refractivity contribution in [1.82, 2.24) is 0 Å². The lowest BCUT2D eigenvalue weighted by molar-refractivity contribution is -0.116. The number of nitrogens with zero attached hydrogens (tertiary/aromatic N) is 1. The minimum atomic E-state index is -0.380. The van der Waals surface area contributed by atoms with Crippen LogP contribution >= 0.6 is 0 Å². The van der Waals surface area contributed by atoms with Gasteiger partial charge in [-0.25, -0.2) is 0 Å². The number of benzene rings is 2. The molecule has 0 aromatic heterocycles. The Hall–Kier alpha value is -2.81. The molecule has 3 aliphatic rings. The molecule has 5 rings (SSSR count). The van der Waals surface area contributed by atoms with E-state index >= 15 is 0 Å². The molecule has 2 aromatic rings. The summed E-state index contributed by atoms with van der Waals surface area (Å²) in [4.78, 5) is 31.0.